The van der Waals surface area contributed by atoms with Gasteiger partial charge in [0.15, 0.2) is 0 Å². The van der Waals surface area contributed by atoms with Crippen LogP contribution in [0.1, 0.15) is 11.3 Å². The van der Waals surface area contributed by atoms with Crippen molar-refractivity contribution in [3.8, 4) is 0 Å². The number of aromatic nitrogens is 1. The molecule has 0 aliphatic heterocycles. The van der Waals surface area contributed by atoms with E-state index >= 15 is 0 Å². The van der Waals surface area contributed by atoms with E-state index in [1.54, 1.807) is 12.1 Å². The average Bonchev–Trinajstić information content (AvgIpc) is 2.98. The molecule has 3 rings (SSSR count). The molecule has 0 saturated heterocycles. The first kappa shape index (κ1) is 16.3. The number of hydrogen-bond acceptors (Lipinski definition) is 2. The van der Waals surface area contributed by atoms with Gasteiger partial charge in [-0.25, -0.2) is 8.42 Å². The maximum atomic E-state index is 13.2. The van der Waals surface area contributed by atoms with E-state index < -0.39 is 10.0 Å². The fraction of sp³-hybridized carbons (Fsp3) is 0.158. The Hall–Kier alpha value is -2.53. The van der Waals surface area contributed by atoms with Crippen LogP contribution >= 0.6 is 0 Å². The minimum Gasteiger partial charge on any atom is -0.353 e. The van der Waals surface area contributed by atoms with Crippen molar-refractivity contribution in [2.24, 2.45) is 7.05 Å². The van der Waals surface area contributed by atoms with Crippen molar-refractivity contribution in [2.45, 2.75) is 18.4 Å². The number of benzene rings is 2. The van der Waals surface area contributed by atoms with Crippen LogP contribution in [0.4, 0.5) is 5.69 Å². The summed E-state index contributed by atoms with van der Waals surface area (Å²) in [5.74, 6) is 0. The molecule has 1 aromatic heterocycles. The Morgan fingerprint density at radius 2 is 1.58 bits per heavy atom. The Labute approximate surface area is 143 Å². The van der Waals surface area contributed by atoms with Gasteiger partial charge in [0.25, 0.3) is 10.0 Å². The topological polar surface area (TPSA) is 42.3 Å². The lowest BCUT2D eigenvalue weighted by atomic mass is 10.2. The zero-order chi connectivity index (χ0) is 17.2. The highest BCUT2D eigenvalue weighted by atomic mass is 32.2. The Morgan fingerprint density at radius 3 is 2.17 bits per heavy atom. The fourth-order valence-electron chi connectivity index (χ4n) is 2.55. The number of hydrogen-bond donors (Lipinski definition) is 0. The second-order valence-corrected chi connectivity index (χ2v) is 7.63. The monoisotopic (exact) mass is 340 g/mol. The molecule has 3 aromatic rings. The minimum absolute atomic E-state index is 0.281. The van der Waals surface area contributed by atoms with Crippen LogP contribution in [0, 0.1) is 6.92 Å². The third kappa shape index (κ3) is 3.21. The van der Waals surface area contributed by atoms with Gasteiger partial charge in [0, 0.05) is 18.9 Å². The van der Waals surface area contributed by atoms with Gasteiger partial charge in [-0.3, -0.25) is 4.31 Å². The van der Waals surface area contributed by atoms with Crippen molar-refractivity contribution < 1.29 is 8.42 Å². The quantitative estimate of drug-likeness (QED) is 0.710. The van der Waals surface area contributed by atoms with Gasteiger partial charge < -0.3 is 4.57 Å². The molecule has 0 bridgehead atoms. The predicted octanol–water partition coefficient (Wildman–Crippen LogP) is 3.73. The molecule has 0 saturated carbocycles. The summed E-state index contributed by atoms with van der Waals surface area (Å²) in [6.07, 6.45) is 1.91. The lowest BCUT2D eigenvalue weighted by molar-refractivity contribution is 0.589. The molecule has 124 valence electrons. The van der Waals surface area contributed by atoms with Gasteiger partial charge in [0.1, 0.15) is 0 Å². The van der Waals surface area contributed by atoms with Crippen molar-refractivity contribution in [3.05, 3.63) is 84.2 Å². The maximum absolute atomic E-state index is 13.2. The Bertz CT molecular complexity index is 914. The highest BCUT2D eigenvalue weighted by Crippen LogP contribution is 2.26. The van der Waals surface area contributed by atoms with E-state index in [-0.39, 0.29) is 6.54 Å². The SMILES string of the molecule is Cc1ccc(S(=O)(=O)N(Cc2cccn2C)c2ccccc2)cc1. The molecule has 0 atom stereocenters. The summed E-state index contributed by atoms with van der Waals surface area (Å²) in [5.41, 5.74) is 2.61. The molecule has 0 aliphatic rings. The minimum atomic E-state index is -3.64. The number of rotatable bonds is 5. The van der Waals surface area contributed by atoms with Crippen molar-refractivity contribution in [1.29, 1.82) is 0 Å². The van der Waals surface area contributed by atoms with Gasteiger partial charge in [0.05, 0.1) is 17.1 Å². The van der Waals surface area contributed by atoms with Crippen molar-refractivity contribution >= 4 is 15.7 Å². The standard InChI is InChI=1S/C19H20N2O2S/c1-16-10-12-19(13-11-16)24(22,23)21(17-7-4-3-5-8-17)15-18-9-6-14-20(18)2/h3-14H,15H2,1-2H3. The summed E-state index contributed by atoms with van der Waals surface area (Å²) in [6.45, 7) is 2.22. The van der Waals surface area contributed by atoms with Gasteiger partial charge in [-0.2, -0.15) is 0 Å². The zero-order valence-corrected chi connectivity index (χ0v) is 14.6. The smallest absolute Gasteiger partial charge is 0.264 e. The predicted molar refractivity (Wildman–Crippen MR) is 96.4 cm³/mol. The van der Waals surface area contributed by atoms with Crippen molar-refractivity contribution in [3.63, 3.8) is 0 Å². The van der Waals surface area contributed by atoms with Gasteiger partial charge in [-0.05, 0) is 43.3 Å². The molecule has 0 amide bonds. The van der Waals surface area contributed by atoms with Crippen LogP contribution in [-0.2, 0) is 23.6 Å². The van der Waals surface area contributed by atoms with Crippen molar-refractivity contribution in [1.82, 2.24) is 4.57 Å². The molecule has 0 aliphatic carbocycles. The summed E-state index contributed by atoms with van der Waals surface area (Å²) in [5, 5.41) is 0. The van der Waals surface area contributed by atoms with Gasteiger partial charge in [0.2, 0.25) is 0 Å². The fourth-order valence-corrected chi connectivity index (χ4v) is 3.99. The van der Waals surface area contributed by atoms with Crippen LogP contribution in [0.2, 0.25) is 0 Å². The van der Waals surface area contributed by atoms with Crippen LogP contribution < -0.4 is 4.31 Å². The molecule has 0 unspecified atom stereocenters. The second kappa shape index (κ2) is 6.53. The summed E-state index contributed by atoms with van der Waals surface area (Å²) in [6, 6.07) is 20.0. The summed E-state index contributed by atoms with van der Waals surface area (Å²) < 4.78 is 29.8. The van der Waals surface area contributed by atoms with Crippen LogP contribution in [0.3, 0.4) is 0 Å². The maximum Gasteiger partial charge on any atom is 0.264 e. The molecule has 1 heterocycles. The highest BCUT2D eigenvalue weighted by molar-refractivity contribution is 7.92. The first-order valence-electron chi connectivity index (χ1n) is 7.73. The summed E-state index contributed by atoms with van der Waals surface area (Å²) >= 11 is 0. The summed E-state index contributed by atoms with van der Waals surface area (Å²) in [7, 11) is -1.73. The van der Waals surface area contributed by atoms with Crippen LogP contribution in [0.5, 0.6) is 0 Å². The Kier molecular flexibility index (Phi) is 4.44. The molecule has 5 heteroatoms. The number of aryl methyl sites for hydroxylation is 2. The Morgan fingerprint density at radius 1 is 0.917 bits per heavy atom. The van der Waals surface area contributed by atoms with Gasteiger partial charge >= 0.3 is 0 Å². The average molecular weight is 340 g/mol. The van der Waals surface area contributed by atoms with E-state index in [1.807, 2.05) is 79.3 Å². The molecule has 0 spiro atoms. The van der Waals surface area contributed by atoms with E-state index in [0.29, 0.717) is 10.6 Å². The van der Waals surface area contributed by atoms with E-state index in [2.05, 4.69) is 0 Å². The van der Waals surface area contributed by atoms with Crippen LogP contribution in [0.25, 0.3) is 0 Å². The van der Waals surface area contributed by atoms with E-state index in [0.717, 1.165) is 11.3 Å². The number of para-hydroxylation sites is 1. The molecule has 4 nitrogen and oxygen atoms in total. The van der Waals surface area contributed by atoms with Crippen LogP contribution in [-0.4, -0.2) is 13.0 Å². The van der Waals surface area contributed by atoms with E-state index in [9.17, 15) is 8.42 Å². The molecule has 0 N–H and O–H groups in total. The lowest BCUT2D eigenvalue weighted by Crippen LogP contribution is -2.31. The third-order valence-corrected chi connectivity index (χ3v) is 5.80. The number of sulfonamides is 1. The van der Waals surface area contributed by atoms with E-state index in [1.165, 1.54) is 4.31 Å². The van der Waals surface area contributed by atoms with Crippen molar-refractivity contribution in [2.75, 3.05) is 4.31 Å². The molecule has 2 aromatic carbocycles. The molecule has 24 heavy (non-hydrogen) atoms. The third-order valence-electron chi connectivity index (χ3n) is 4.01. The van der Waals surface area contributed by atoms with Crippen LogP contribution in [0.15, 0.2) is 77.8 Å². The van der Waals surface area contributed by atoms with Gasteiger partial charge in [-0.1, -0.05) is 35.9 Å². The molecule has 0 fully saturated rings. The number of anilines is 1. The lowest BCUT2D eigenvalue weighted by Gasteiger charge is -2.25. The normalized spacial score (nSPS) is 11.4. The molecule has 0 radical (unpaired) electrons. The largest absolute Gasteiger partial charge is 0.353 e. The molecular formula is C19H20N2O2S. The second-order valence-electron chi connectivity index (χ2n) is 5.77. The van der Waals surface area contributed by atoms with Gasteiger partial charge in [-0.15, -0.1) is 0 Å². The van der Waals surface area contributed by atoms with E-state index in [4.69, 9.17) is 0 Å². The first-order valence-corrected chi connectivity index (χ1v) is 9.17. The summed E-state index contributed by atoms with van der Waals surface area (Å²) in [4.78, 5) is 0.297. The highest BCUT2D eigenvalue weighted by Gasteiger charge is 2.25. The molecular weight excluding hydrogens is 320 g/mol. The Balaban J connectivity index is 2.07. The zero-order valence-electron chi connectivity index (χ0n) is 13.8. The number of nitrogens with zero attached hydrogens (tertiary/aromatic N) is 2. The first-order chi connectivity index (χ1) is 11.5.